The van der Waals surface area contributed by atoms with Gasteiger partial charge in [0.2, 0.25) is 5.91 Å². The molecule has 3 atom stereocenters. The average molecular weight is 305 g/mol. The van der Waals surface area contributed by atoms with E-state index >= 15 is 0 Å². The van der Waals surface area contributed by atoms with Crippen LogP contribution in [0.15, 0.2) is 0 Å². The third-order valence-electron chi connectivity index (χ3n) is 4.44. The molecule has 3 unspecified atom stereocenters. The van der Waals surface area contributed by atoms with E-state index < -0.39 is 0 Å². The van der Waals surface area contributed by atoms with Crippen LogP contribution in [0.1, 0.15) is 46.0 Å². The highest BCUT2D eigenvalue weighted by molar-refractivity contribution is 5.85. The molecule has 4 nitrogen and oxygen atoms in total. The predicted molar refractivity (Wildman–Crippen MR) is 83.2 cm³/mol. The SMILES string of the molecule is CC(C)C1CCCCC1NC(=O)CC1CNCCO1.Cl. The van der Waals surface area contributed by atoms with Crippen molar-refractivity contribution in [3.05, 3.63) is 0 Å². The van der Waals surface area contributed by atoms with Gasteiger partial charge in [-0.25, -0.2) is 0 Å². The van der Waals surface area contributed by atoms with E-state index in [0.717, 1.165) is 26.1 Å². The fourth-order valence-electron chi connectivity index (χ4n) is 3.36. The second kappa shape index (κ2) is 8.85. The predicted octanol–water partition coefficient (Wildman–Crippen LogP) is 2.12. The molecule has 1 aliphatic heterocycles. The molecule has 5 heteroatoms. The largest absolute Gasteiger partial charge is 0.375 e. The lowest BCUT2D eigenvalue weighted by molar-refractivity contribution is -0.126. The van der Waals surface area contributed by atoms with Gasteiger partial charge in [0, 0.05) is 19.1 Å². The van der Waals surface area contributed by atoms with Crippen molar-refractivity contribution in [2.45, 2.75) is 58.1 Å². The van der Waals surface area contributed by atoms with Crippen LogP contribution in [0.5, 0.6) is 0 Å². The number of nitrogens with one attached hydrogen (secondary N) is 2. The summed E-state index contributed by atoms with van der Waals surface area (Å²) in [5, 5.41) is 6.52. The zero-order valence-corrected chi connectivity index (χ0v) is 13.5. The Bertz CT molecular complexity index is 294. The number of rotatable bonds is 4. The van der Waals surface area contributed by atoms with Crippen LogP contribution in [-0.4, -0.2) is 37.7 Å². The minimum atomic E-state index is 0. The summed E-state index contributed by atoms with van der Waals surface area (Å²) in [6.07, 6.45) is 5.49. The molecule has 118 valence electrons. The van der Waals surface area contributed by atoms with Gasteiger partial charge < -0.3 is 15.4 Å². The van der Waals surface area contributed by atoms with Gasteiger partial charge in [0.25, 0.3) is 0 Å². The fraction of sp³-hybridized carbons (Fsp3) is 0.933. The number of amides is 1. The minimum absolute atomic E-state index is 0. The molecule has 2 aliphatic rings. The Kier molecular flexibility index (Phi) is 7.85. The molecule has 0 aromatic heterocycles. The monoisotopic (exact) mass is 304 g/mol. The van der Waals surface area contributed by atoms with Crippen LogP contribution in [-0.2, 0) is 9.53 Å². The van der Waals surface area contributed by atoms with Gasteiger partial charge in [-0.3, -0.25) is 4.79 Å². The number of carbonyl (C=O) groups excluding carboxylic acids is 1. The van der Waals surface area contributed by atoms with E-state index in [0.29, 0.717) is 24.3 Å². The molecule has 1 heterocycles. The van der Waals surface area contributed by atoms with Gasteiger partial charge in [0.1, 0.15) is 0 Å². The molecule has 1 saturated heterocycles. The number of halogens is 1. The molecule has 2 N–H and O–H groups in total. The first-order valence-corrected chi connectivity index (χ1v) is 7.78. The zero-order valence-electron chi connectivity index (χ0n) is 12.7. The number of ether oxygens (including phenoxy) is 1. The van der Waals surface area contributed by atoms with Gasteiger partial charge in [-0.2, -0.15) is 0 Å². The Balaban J connectivity index is 0.00000200. The van der Waals surface area contributed by atoms with Gasteiger partial charge in [-0.1, -0.05) is 26.7 Å². The van der Waals surface area contributed by atoms with Crippen LogP contribution in [0.25, 0.3) is 0 Å². The van der Waals surface area contributed by atoms with Gasteiger partial charge in [-0.15, -0.1) is 12.4 Å². The van der Waals surface area contributed by atoms with E-state index in [1.807, 2.05) is 0 Å². The second-order valence-electron chi connectivity index (χ2n) is 6.27. The second-order valence-corrected chi connectivity index (χ2v) is 6.27. The standard InChI is InChI=1S/C15H28N2O2.ClH/c1-11(2)13-5-3-4-6-14(13)17-15(18)9-12-10-16-7-8-19-12;/h11-14,16H,3-10H2,1-2H3,(H,17,18);1H. The Morgan fingerprint density at radius 3 is 2.75 bits per heavy atom. The molecule has 2 rings (SSSR count). The van der Waals surface area contributed by atoms with Crippen molar-refractivity contribution in [1.82, 2.24) is 10.6 Å². The highest BCUT2D eigenvalue weighted by Gasteiger charge is 2.29. The first-order valence-electron chi connectivity index (χ1n) is 7.78. The lowest BCUT2D eigenvalue weighted by Gasteiger charge is -2.35. The maximum absolute atomic E-state index is 12.1. The number of carbonyl (C=O) groups is 1. The fourth-order valence-corrected chi connectivity index (χ4v) is 3.36. The highest BCUT2D eigenvalue weighted by Crippen LogP contribution is 2.30. The summed E-state index contributed by atoms with van der Waals surface area (Å²) < 4.78 is 5.59. The molecule has 20 heavy (non-hydrogen) atoms. The van der Waals surface area contributed by atoms with Crippen LogP contribution in [0.4, 0.5) is 0 Å². The lowest BCUT2D eigenvalue weighted by Crippen LogP contribution is -2.47. The topological polar surface area (TPSA) is 50.4 Å². The van der Waals surface area contributed by atoms with Crippen molar-refractivity contribution in [3.8, 4) is 0 Å². The van der Waals surface area contributed by atoms with E-state index in [1.54, 1.807) is 0 Å². The molecule has 1 amide bonds. The first-order chi connectivity index (χ1) is 9.16. The van der Waals surface area contributed by atoms with Crippen molar-refractivity contribution >= 4 is 18.3 Å². The quantitative estimate of drug-likeness (QED) is 0.836. The summed E-state index contributed by atoms with van der Waals surface area (Å²) in [5.41, 5.74) is 0. The number of morpholine rings is 1. The third-order valence-corrected chi connectivity index (χ3v) is 4.44. The van der Waals surface area contributed by atoms with Gasteiger partial charge >= 0.3 is 0 Å². The Morgan fingerprint density at radius 2 is 2.10 bits per heavy atom. The smallest absolute Gasteiger partial charge is 0.222 e. The van der Waals surface area contributed by atoms with Crippen molar-refractivity contribution < 1.29 is 9.53 Å². The average Bonchev–Trinajstić information content (AvgIpc) is 2.40. The molecule has 0 aromatic carbocycles. The number of hydrogen-bond donors (Lipinski definition) is 2. The van der Waals surface area contributed by atoms with Crippen molar-refractivity contribution in [3.63, 3.8) is 0 Å². The molecule has 1 saturated carbocycles. The van der Waals surface area contributed by atoms with E-state index in [-0.39, 0.29) is 24.4 Å². The minimum Gasteiger partial charge on any atom is -0.375 e. The summed E-state index contributed by atoms with van der Waals surface area (Å²) >= 11 is 0. The van der Waals surface area contributed by atoms with Crippen LogP contribution >= 0.6 is 12.4 Å². The first kappa shape index (κ1) is 17.7. The van der Waals surface area contributed by atoms with E-state index in [1.165, 1.54) is 19.3 Å². The molecule has 0 bridgehead atoms. The van der Waals surface area contributed by atoms with Crippen molar-refractivity contribution in [2.75, 3.05) is 19.7 Å². The molecule has 0 spiro atoms. The summed E-state index contributed by atoms with van der Waals surface area (Å²) in [6.45, 7) is 6.95. The third kappa shape index (κ3) is 5.23. The van der Waals surface area contributed by atoms with Crippen LogP contribution < -0.4 is 10.6 Å². The summed E-state index contributed by atoms with van der Waals surface area (Å²) in [7, 11) is 0. The molecule has 2 fully saturated rings. The Labute approximate surface area is 128 Å². The molecule has 1 aliphatic carbocycles. The highest BCUT2D eigenvalue weighted by atomic mass is 35.5. The number of hydrogen-bond acceptors (Lipinski definition) is 3. The van der Waals surface area contributed by atoms with Crippen LogP contribution in [0.3, 0.4) is 0 Å². The van der Waals surface area contributed by atoms with E-state index in [4.69, 9.17) is 4.74 Å². The Hall–Kier alpha value is -0.320. The van der Waals surface area contributed by atoms with Gasteiger partial charge in [-0.05, 0) is 24.7 Å². The normalized spacial score (nSPS) is 30.6. The Morgan fingerprint density at radius 1 is 1.35 bits per heavy atom. The van der Waals surface area contributed by atoms with Crippen LogP contribution in [0, 0.1) is 11.8 Å². The maximum Gasteiger partial charge on any atom is 0.222 e. The van der Waals surface area contributed by atoms with Crippen LogP contribution in [0.2, 0.25) is 0 Å². The molecule has 0 aromatic rings. The van der Waals surface area contributed by atoms with E-state index in [2.05, 4.69) is 24.5 Å². The molecule has 0 radical (unpaired) electrons. The molecular formula is C15H29ClN2O2. The maximum atomic E-state index is 12.1. The van der Waals surface area contributed by atoms with Gasteiger partial charge in [0.05, 0.1) is 19.1 Å². The van der Waals surface area contributed by atoms with Crippen molar-refractivity contribution in [1.29, 1.82) is 0 Å². The summed E-state index contributed by atoms with van der Waals surface area (Å²) in [6, 6.07) is 0.373. The lowest BCUT2D eigenvalue weighted by atomic mass is 9.78. The zero-order chi connectivity index (χ0) is 13.7. The van der Waals surface area contributed by atoms with E-state index in [9.17, 15) is 4.79 Å². The van der Waals surface area contributed by atoms with Crippen molar-refractivity contribution in [2.24, 2.45) is 11.8 Å². The summed E-state index contributed by atoms with van der Waals surface area (Å²) in [4.78, 5) is 12.1. The van der Waals surface area contributed by atoms with Gasteiger partial charge in [0.15, 0.2) is 0 Å². The summed E-state index contributed by atoms with van der Waals surface area (Å²) in [5.74, 6) is 1.45. The molecular weight excluding hydrogens is 276 g/mol.